The molecule has 2 rings (SSSR count). The predicted molar refractivity (Wildman–Crippen MR) is 62.1 cm³/mol. The molecule has 5 nitrogen and oxygen atoms in total. The molecule has 2 heterocycles. The van der Waals surface area contributed by atoms with Gasteiger partial charge in [-0.1, -0.05) is 0 Å². The average Bonchev–Trinajstić information content (AvgIpc) is 2.57. The quantitative estimate of drug-likeness (QED) is 0.743. The van der Waals surface area contributed by atoms with Gasteiger partial charge in [0.2, 0.25) is 0 Å². The summed E-state index contributed by atoms with van der Waals surface area (Å²) in [7, 11) is 1.97. The lowest BCUT2D eigenvalue weighted by Gasteiger charge is -2.28. The lowest BCUT2D eigenvalue weighted by atomic mass is 10.2. The Morgan fingerprint density at radius 3 is 3.06 bits per heavy atom. The fourth-order valence-corrected chi connectivity index (χ4v) is 2.26. The van der Waals surface area contributed by atoms with Crippen LogP contribution in [0.15, 0.2) is 12.5 Å². The Hall–Kier alpha value is -0.910. The molecule has 1 aliphatic heterocycles. The number of aromatic nitrogens is 2. The standard InChI is InChI=1S/C11H20N4O/c1-14-9-13-7-10(14)11(8-16)15-5-2-3-12-4-6-15/h7,9,11-12,16H,2-6,8H2,1H3. The minimum absolute atomic E-state index is 0.0763. The Morgan fingerprint density at radius 1 is 1.50 bits per heavy atom. The van der Waals surface area contributed by atoms with Crippen LogP contribution in [0.5, 0.6) is 0 Å². The first kappa shape index (κ1) is 11.6. The van der Waals surface area contributed by atoms with Gasteiger partial charge in [-0.3, -0.25) is 4.90 Å². The molecule has 0 aromatic carbocycles. The maximum atomic E-state index is 9.56. The lowest BCUT2D eigenvalue weighted by molar-refractivity contribution is 0.125. The maximum Gasteiger partial charge on any atom is 0.0946 e. The Labute approximate surface area is 96.1 Å². The van der Waals surface area contributed by atoms with Gasteiger partial charge < -0.3 is 15.0 Å². The van der Waals surface area contributed by atoms with Crippen LogP contribution in [-0.4, -0.2) is 52.3 Å². The van der Waals surface area contributed by atoms with Crippen LogP contribution >= 0.6 is 0 Å². The summed E-state index contributed by atoms with van der Waals surface area (Å²) in [5.74, 6) is 0. The molecule has 1 aromatic rings. The smallest absolute Gasteiger partial charge is 0.0946 e. The van der Waals surface area contributed by atoms with E-state index in [4.69, 9.17) is 0 Å². The number of hydrogen-bond acceptors (Lipinski definition) is 4. The molecule has 0 amide bonds. The molecule has 0 aliphatic carbocycles. The van der Waals surface area contributed by atoms with Crippen LogP contribution in [0, 0.1) is 0 Å². The molecule has 0 saturated carbocycles. The zero-order valence-electron chi connectivity index (χ0n) is 9.76. The molecule has 90 valence electrons. The molecule has 1 atom stereocenters. The topological polar surface area (TPSA) is 53.3 Å². The Bertz CT molecular complexity index is 318. The predicted octanol–water partition coefficient (Wildman–Crippen LogP) is -0.251. The third kappa shape index (κ3) is 2.42. The number of nitrogens with zero attached hydrogens (tertiary/aromatic N) is 3. The van der Waals surface area contributed by atoms with Crippen LogP contribution in [0.25, 0.3) is 0 Å². The summed E-state index contributed by atoms with van der Waals surface area (Å²) in [6, 6.07) is 0.0763. The molecule has 0 bridgehead atoms. The molecule has 1 fully saturated rings. The normalized spacial score (nSPS) is 20.6. The fraction of sp³-hybridized carbons (Fsp3) is 0.727. The van der Waals surface area contributed by atoms with Crippen molar-refractivity contribution in [2.45, 2.75) is 12.5 Å². The van der Waals surface area contributed by atoms with Crippen molar-refractivity contribution in [3.05, 3.63) is 18.2 Å². The van der Waals surface area contributed by atoms with E-state index in [1.165, 1.54) is 0 Å². The molecule has 1 unspecified atom stereocenters. The molecule has 1 aliphatic rings. The van der Waals surface area contributed by atoms with Crippen LogP contribution in [0.3, 0.4) is 0 Å². The molecule has 16 heavy (non-hydrogen) atoms. The van der Waals surface area contributed by atoms with Gasteiger partial charge in [0.15, 0.2) is 0 Å². The summed E-state index contributed by atoms with van der Waals surface area (Å²) < 4.78 is 1.99. The largest absolute Gasteiger partial charge is 0.394 e. The molecule has 1 aromatic heterocycles. The van der Waals surface area contributed by atoms with E-state index in [-0.39, 0.29) is 12.6 Å². The fourth-order valence-electron chi connectivity index (χ4n) is 2.26. The number of imidazole rings is 1. The highest BCUT2D eigenvalue weighted by Gasteiger charge is 2.22. The summed E-state index contributed by atoms with van der Waals surface area (Å²) in [6.07, 6.45) is 4.77. The minimum Gasteiger partial charge on any atom is -0.394 e. The van der Waals surface area contributed by atoms with Gasteiger partial charge in [0, 0.05) is 32.9 Å². The monoisotopic (exact) mass is 224 g/mol. The maximum absolute atomic E-state index is 9.56. The zero-order valence-corrected chi connectivity index (χ0v) is 9.76. The number of hydrogen-bond donors (Lipinski definition) is 2. The third-order valence-corrected chi connectivity index (χ3v) is 3.18. The van der Waals surface area contributed by atoms with E-state index in [1.807, 2.05) is 17.8 Å². The van der Waals surface area contributed by atoms with E-state index in [0.717, 1.165) is 38.3 Å². The number of aryl methyl sites for hydroxylation is 1. The van der Waals surface area contributed by atoms with E-state index < -0.39 is 0 Å². The Kier molecular flexibility index (Phi) is 3.93. The first-order valence-corrected chi connectivity index (χ1v) is 5.85. The third-order valence-electron chi connectivity index (χ3n) is 3.18. The van der Waals surface area contributed by atoms with Crippen molar-refractivity contribution in [1.29, 1.82) is 0 Å². The minimum atomic E-state index is 0.0763. The molecular formula is C11H20N4O. The number of aliphatic hydroxyl groups is 1. The van der Waals surface area contributed by atoms with Crippen molar-refractivity contribution in [3.63, 3.8) is 0 Å². The van der Waals surface area contributed by atoms with Gasteiger partial charge in [0.1, 0.15) is 0 Å². The number of rotatable bonds is 3. The highest BCUT2D eigenvalue weighted by atomic mass is 16.3. The summed E-state index contributed by atoms with van der Waals surface area (Å²) in [6.45, 7) is 4.23. The van der Waals surface area contributed by atoms with E-state index in [1.54, 1.807) is 6.33 Å². The van der Waals surface area contributed by atoms with E-state index in [2.05, 4.69) is 15.2 Å². The van der Waals surface area contributed by atoms with Crippen molar-refractivity contribution >= 4 is 0 Å². The van der Waals surface area contributed by atoms with Gasteiger partial charge in [-0.25, -0.2) is 4.98 Å². The SMILES string of the molecule is Cn1cncc1C(CO)N1CCCNCC1. The first-order valence-electron chi connectivity index (χ1n) is 5.85. The van der Waals surface area contributed by atoms with Gasteiger partial charge in [-0.05, 0) is 13.0 Å². The Balaban J connectivity index is 2.12. The van der Waals surface area contributed by atoms with Crippen molar-refractivity contribution in [3.8, 4) is 0 Å². The van der Waals surface area contributed by atoms with Crippen molar-refractivity contribution < 1.29 is 5.11 Å². The van der Waals surface area contributed by atoms with Crippen molar-refractivity contribution in [2.75, 3.05) is 32.8 Å². The first-order chi connectivity index (χ1) is 7.83. The van der Waals surface area contributed by atoms with Crippen molar-refractivity contribution in [2.24, 2.45) is 7.05 Å². The average molecular weight is 224 g/mol. The van der Waals surface area contributed by atoms with Gasteiger partial charge >= 0.3 is 0 Å². The zero-order chi connectivity index (χ0) is 11.4. The lowest BCUT2D eigenvalue weighted by Crippen LogP contribution is -2.35. The van der Waals surface area contributed by atoms with Gasteiger partial charge in [-0.2, -0.15) is 0 Å². The molecular weight excluding hydrogens is 204 g/mol. The van der Waals surface area contributed by atoms with Crippen LogP contribution in [0.4, 0.5) is 0 Å². The highest BCUT2D eigenvalue weighted by Crippen LogP contribution is 2.19. The number of aliphatic hydroxyl groups excluding tert-OH is 1. The van der Waals surface area contributed by atoms with Crippen LogP contribution in [0.2, 0.25) is 0 Å². The summed E-state index contributed by atoms with van der Waals surface area (Å²) in [4.78, 5) is 6.45. The molecule has 5 heteroatoms. The van der Waals surface area contributed by atoms with Gasteiger partial charge in [0.05, 0.1) is 24.7 Å². The van der Waals surface area contributed by atoms with Gasteiger partial charge in [0.25, 0.3) is 0 Å². The summed E-state index contributed by atoms with van der Waals surface area (Å²) in [5, 5.41) is 12.9. The number of nitrogens with one attached hydrogen (secondary N) is 1. The second kappa shape index (κ2) is 5.43. The molecule has 0 spiro atoms. The second-order valence-electron chi connectivity index (χ2n) is 4.27. The van der Waals surface area contributed by atoms with Gasteiger partial charge in [-0.15, -0.1) is 0 Å². The van der Waals surface area contributed by atoms with Crippen LogP contribution < -0.4 is 5.32 Å². The molecule has 1 saturated heterocycles. The second-order valence-corrected chi connectivity index (χ2v) is 4.27. The summed E-state index contributed by atoms with van der Waals surface area (Å²) >= 11 is 0. The van der Waals surface area contributed by atoms with Crippen molar-refractivity contribution in [1.82, 2.24) is 19.8 Å². The van der Waals surface area contributed by atoms with Crippen LogP contribution in [0.1, 0.15) is 18.2 Å². The summed E-state index contributed by atoms with van der Waals surface area (Å²) in [5.41, 5.74) is 1.09. The van der Waals surface area contributed by atoms with E-state index >= 15 is 0 Å². The Morgan fingerprint density at radius 2 is 2.38 bits per heavy atom. The molecule has 0 radical (unpaired) electrons. The highest BCUT2D eigenvalue weighted by molar-refractivity contribution is 5.05. The van der Waals surface area contributed by atoms with E-state index in [9.17, 15) is 5.11 Å². The molecule has 2 N–H and O–H groups in total. The van der Waals surface area contributed by atoms with E-state index in [0.29, 0.717) is 0 Å². The van der Waals surface area contributed by atoms with Crippen LogP contribution in [-0.2, 0) is 7.05 Å².